The van der Waals surface area contributed by atoms with Crippen molar-refractivity contribution in [1.29, 1.82) is 0 Å². The van der Waals surface area contributed by atoms with E-state index in [1.807, 2.05) is 30.3 Å². The first kappa shape index (κ1) is 10.1. The molecule has 1 aliphatic rings. The number of hydrogen-bond donors (Lipinski definition) is 3. The van der Waals surface area contributed by atoms with E-state index in [-0.39, 0.29) is 12.3 Å². The fraction of sp³-hybridized carbons (Fsp3) is 0.364. The second kappa shape index (κ2) is 4.00. The van der Waals surface area contributed by atoms with Gasteiger partial charge >= 0.3 is 0 Å². The zero-order chi connectivity index (χ0) is 10.7. The molecule has 1 saturated heterocycles. The van der Waals surface area contributed by atoms with Crippen LogP contribution in [0.3, 0.4) is 0 Å². The number of aliphatic hydroxyl groups is 1. The van der Waals surface area contributed by atoms with Crippen molar-refractivity contribution in [1.82, 2.24) is 5.32 Å². The van der Waals surface area contributed by atoms with E-state index in [0.717, 1.165) is 5.69 Å². The summed E-state index contributed by atoms with van der Waals surface area (Å²) >= 11 is 0. The number of para-hydroxylation sites is 1. The van der Waals surface area contributed by atoms with Gasteiger partial charge in [0.2, 0.25) is 5.91 Å². The van der Waals surface area contributed by atoms with Gasteiger partial charge in [0.15, 0.2) is 0 Å². The molecule has 15 heavy (non-hydrogen) atoms. The first-order chi connectivity index (χ1) is 7.18. The topological polar surface area (TPSA) is 61.4 Å². The smallest absolute Gasteiger partial charge is 0.227 e. The number of carbonyl (C=O) groups excluding carboxylic acids is 1. The minimum absolute atomic E-state index is 0.148. The summed E-state index contributed by atoms with van der Waals surface area (Å²) in [6.07, 6.45) is 0.148. The van der Waals surface area contributed by atoms with Gasteiger partial charge in [-0.05, 0) is 12.1 Å². The molecule has 4 heteroatoms. The maximum atomic E-state index is 11.5. The number of hydrogen-bond acceptors (Lipinski definition) is 3. The predicted octanol–water partition coefficient (Wildman–Crippen LogP) is 0.349. The largest absolute Gasteiger partial charge is 0.387 e. The van der Waals surface area contributed by atoms with Crippen molar-refractivity contribution in [2.45, 2.75) is 12.0 Å². The van der Waals surface area contributed by atoms with Gasteiger partial charge in [0.1, 0.15) is 0 Å². The van der Waals surface area contributed by atoms with Gasteiger partial charge < -0.3 is 15.7 Å². The van der Waals surface area contributed by atoms with Crippen LogP contribution in [0.25, 0.3) is 0 Å². The summed E-state index contributed by atoms with van der Waals surface area (Å²) in [6.45, 7) is 0.990. The van der Waals surface area contributed by atoms with Crippen molar-refractivity contribution >= 4 is 11.6 Å². The average molecular weight is 206 g/mol. The Morgan fingerprint density at radius 1 is 1.40 bits per heavy atom. The standard InChI is InChI=1S/C11H14N2O2/c14-10(6-11(15)7-12-8-11)13-9-4-2-1-3-5-9/h1-5,12,15H,6-8H2,(H,13,14). The number of amides is 1. The summed E-state index contributed by atoms with van der Waals surface area (Å²) in [6, 6.07) is 9.24. The van der Waals surface area contributed by atoms with Gasteiger partial charge in [-0.1, -0.05) is 18.2 Å². The highest BCUT2D eigenvalue weighted by atomic mass is 16.3. The van der Waals surface area contributed by atoms with Crippen LogP contribution in [0.15, 0.2) is 30.3 Å². The van der Waals surface area contributed by atoms with Crippen LogP contribution in [-0.2, 0) is 4.79 Å². The summed E-state index contributed by atoms with van der Waals surface area (Å²) in [7, 11) is 0. The van der Waals surface area contributed by atoms with Gasteiger partial charge in [0, 0.05) is 18.8 Å². The van der Waals surface area contributed by atoms with Crippen LogP contribution in [0.4, 0.5) is 5.69 Å². The van der Waals surface area contributed by atoms with Crippen molar-refractivity contribution in [3.05, 3.63) is 30.3 Å². The monoisotopic (exact) mass is 206 g/mol. The van der Waals surface area contributed by atoms with Gasteiger partial charge in [-0.25, -0.2) is 0 Å². The fourth-order valence-corrected chi connectivity index (χ4v) is 1.56. The molecular weight excluding hydrogens is 192 g/mol. The van der Waals surface area contributed by atoms with Crippen LogP contribution in [0, 0.1) is 0 Å². The minimum atomic E-state index is -0.848. The molecule has 0 spiro atoms. The van der Waals surface area contributed by atoms with Crippen LogP contribution in [-0.4, -0.2) is 29.7 Å². The zero-order valence-corrected chi connectivity index (χ0v) is 8.36. The molecule has 0 bridgehead atoms. The fourth-order valence-electron chi connectivity index (χ4n) is 1.56. The SMILES string of the molecule is O=C(CC1(O)CNC1)Nc1ccccc1. The van der Waals surface area contributed by atoms with E-state index in [0.29, 0.717) is 13.1 Å². The van der Waals surface area contributed by atoms with Crippen molar-refractivity contribution in [3.63, 3.8) is 0 Å². The van der Waals surface area contributed by atoms with Crippen LogP contribution in [0.5, 0.6) is 0 Å². The highest BCUT2D eigenvalue weighted by Crippen LogP contribution is 2.16. The first-order valence-electron chi connectivity index (χ1n) is 4.96. The van der Waals surface area contributed by atoms with Crippen LogP contribution >= 0.6 is 0 Å². The van der Waals surface area contributed by atoms with Gasteiger partial charge in [-0.2, -0.15) is 0 Å². The molecule has 1 heterocycles. The van der Waals surface area contributed by atoms with E-state index in [4.69, 9.17) is 0 Å². The number of benzene rings is 1. The van der Waals surface area contributed by atoms with Crippen LogP contribution in [0.1, 0.15) is 6.42 Å². The Morgan fingerprint density at radius 3 is 2.60 bits per heavy atom. The molecule has 3 N–H and O–H groups in total. The van der Waals surface area contributed by atoms with Crippen molar-refractivity contribution in [2.75, 3.05) is 18.4 Å². The molecule has 0 radical (unpaired) electrons. The second-order valence-electron chi connectivity index (χ2n) is 3.92. The molecule has 0 unspecified atom stereocenters. The molecule has 1 aliphatic heterocycles. The highest BCUT2D eigenvalue weighted by molar-refractivity contribution is 5.91. The lowest BCUT2D eigenvalue weighted by Gasteiger charge is -2.36. The summed E-state index contributed by atoms with van der Waals surface area (Å²) < 4.78 is 0. The number of rotatable bonds is 3. The lowest BCUT2D eigenvalue weighted by molar-refractivity contribution is -0.123. The molecular formula is C11H14N2O2. The summed E-state index contributed by atoms with van der Waals surface area (Å²) in [5, 5.41) is 15.4. The Kier molecular flexibility index (Phi) is 2.70. The van der Waals surface area contributed by atoms with Crippen LogP contribution in [0.2, 0.25) is 0 Å². The summed E-state index contributed by atoms with van der Waals surface area (Å²) in [4.78, 5) is 11.5. The lowest BCUT2D eigenvalue weighted by Crippen LogP contribution is -2.60. The number of β-amino-alcohol motifs (C(OH)–C–C–N with tert-alkyl or cyclic N) is 1. The predicted molar refractivity (Wildman–Crippen MR) is 57.5 cm³/mol. The Balaban J connectivity index is 1.87. The Bertz CT molecular complexity index is 347. The molecule has 0 aliphatic carbocycles. The molecule has 1 aromatic rings. The van der Waals surface area contributed by atoms with Gasteiger partial charge in [0.25, 0.3) is 0 Å². The third kappa shape index (κ3) is 2.55. The van der Waals surface area contributed by atoms with E-state index in [9.17, 15) is 9.90 Å². The molecule has 1 amide bonds. The van der Waals surface area contributed by atoms with Crippen molar-refractivity contribution in [3.8, 4) is 0 Å². The third-order valence-electron chi connectivity index (χ3n) is 2.46. The molecule has 2 rings (SSSR count). The molecule has 4 nitrogen and oxygen atoms in total. The second-order valence-corrected chi connectivity index (χ2v) is 3.92. The molecule has 1 aromatic carbocycles. The van der Waals surface area contributed by atoms with E-state index in [2.05, 4.69) is 10.6 Å². The minimum Gasteiger partial charge on any atom is -0.387 e. The Morgan fingerprint density at radius 2 is 2.07 bits per heavy atom. The molecule has 80 valence electrons. The van der Waals surface area contributed by atoms with E-state index < -0.39 is 5.60 Å². The average Bonchev–Trinajstić information content (AvgIpc) is 2.16. The van der Waals surface area contributed by atoms with Gasteiger partial charge in [-0.15, -0.1) is 0 Å². The van der Waals surface area contributed by atoms with Crippen LogP contribution < -0.4 is 10.6 Å². The molecule has 0 saturated carbocycles. The van der Waals surface area contributed by atoms with Crippen molar-refractivity contribution in [2.24, 2.45) is 0 Å². The normalized spacial score (nSPS) is 17.9. The zero-order valence-electron chi connectivity index (χ0n) is 8.36. The summed E-state index contributed by atoms with van der Waals surface area (Å²) in [5.74, 6) is -0.148. The maximum absolute atomic E-state index is 11.5. The highest BCUT2D eigenvalue weighted by Gasteiger charge is 2.36. The van der Waals surface area contributed by atoms with E-state index in [1.54, 1.807) is 0 Å². The maximum Gasteiger partial charge on any atom is 0.227 e. The van der Waals surface area contributed by atoms with Gasteiger partial charge in [-0.3, -0.25) is 4.79 Å². The van der Waals surface area contributed by atoms with E-state index in [1.165, 1.54) is 0 Å². The van der Waals surface area contributed by atoms with Crippen molar-refractivity contribution < 1.29 is 9.90 Å². The number of carbonyl (C=O) groups is 1. The van der Waals surface area contributed by atoms with E-state index >= 15 is 0 Å². The number of nitrogens with one attached hydrogen (secondary N) is 2. The Hall–Kier alpha value is -1.39. The third-order valence-corrected chi connectivity index (χ3v) is 2.46. The molecule has 1 fully saturated rings. The number of anilines is 1. The quantitative estimate of drug-likeness (QED) is 0.668. The summed E-state index contributed by atoms with van der Waals surface area (Å²) in [5.41, 5.74) is -0.0860. The lowest BCUT2D eigenvalue weighted by atomic mass is 9.93. The Labute approximate surface area is 88.3 Å². The van der Waals surface area contributed by atoms with Gasteiger partial charge in [0.05, 0.1) is 12.0 Å². The molecule has 0 aromatic heterocycles. The molecule has 0 atom stereocenters. The first-order valence-corrected chi connectivity index (χ1v) is 4.96.